The number of aryl methyl sites for hydroxylation is 2. The predicted octanol–water partition coefficient (Wildman–Crippen LogP) is 1.87. The zero-order chi connectivity index (χ0) is 12.4. The fourth-order valence-electron chi connectivity index (χ4n) is 2.22. The molecule has 1 atom stereocenters. The lowest BCUT2D eigenvalue weighted by atomic mass is 10.1. The number of hydrogen-bond acceptors (Lipinski definition) is 2. The van der Waals surface area contributed by atoms with Crippen molar-refractivity contribution in [1.29, 1.82) is 0 Å². The minimum Gasteiger partial charge on any atom is -0.326 e. The molecule has 0 aromatic heterocycles. The molecule has 0 aliphatic carbocycles. The fraction of sp³-hybridized carbons (Fsp3) is 0.462. The largest absolute Gasteiger partial charge is 0.326 e. The summed E-state index contributed by atoms with van der Waals surface area (Å²) < 4.78 is 0. The number of hydrogen-bond donors (Lipinski definition) is 2. The molecular weight excluding hydrogens is 214 g/mol. The summed E-state index contributed by atoms with van der Waals surface area (Å²) in [5, 5.41) is 2.92. The maximum absolute atomic E-state index is 11.9. The van der Waals surface area contributed by atoms with Gasteiger partial charge in [0.1, 0.15) is 0 Å². The molecule has 4 heteroatoms. The van der Waals surface area contributed by atoms with Crippen molar-refractivity contribution >= 4 is 11.7 Å². The quantitative estimate of drug-likeness (QED) is 0.778. The first kappa shape index (κ1) is 11.9. The summed E-state index contributed by atoms with van der Waals surface area (Å²) >= 11 is 0. The first-order valence-corrected chi connectivity index (χ1v) is 5.94. The normalized spacial score (nSPS) is 19.5. The number of carbonyl (C=O) groups excluding carboxylic acids is 1. The second-order valence-corrected chi connectivity index (χ2v) is 4.80. The monoisotopic (exact) mass is 233 g/mol. The van der Waals surface area contributed by atoms with Crippen LogP contribution in [-0.4, -0.2) is 30.1 Å². The van der Waals surface area contributed by atoms with E-state index in [1.54, 1.807) is 4.90 Å². The number of likely N-dealkylation sites (tertiary alicyclic amines) is 1. The van der Waals surface area contributed by atoms with Crippen molar-refractivity contribution in [3.05, 3.63) is 29.3 Å². The molecule has 0 radical (unpaired) electrons. The van der Waals surface area contributed by atoms with Crippen molar-refractivity contribution in [2.75, 3.05) is 18.4 Å². The average Bonchev–Trinajstić information content (AvgIpc) is 2.63. The van der Waals surface area contributed by atoms with Crippen LogP contribution < -0.4 is 11.1 Å². The molecule has 2 amide bonds. The minimum absolute atomic E-state index is 0.0528. The molecule has 0 spiro atoms. The maximum atomic E-state index is 11.9. The molecule has 1 heterocycles. The Kier molecular flexibility index (Phi) is 3.33. The predicted molar refractivity (Wildman–Crippen MR) is 69.1 cm³/mol. The SMILES string of the molecule is Cc1cc(C)cc(NC(=O)N2CC[C@@H](N)C2)c1. The Morgan fingerprint density at radius 1 is 1.35 bits per heavy atom. The van der Waals surface area contributed by atoms with Crippen molar-refractivity contribution in [2.24, 2.45) is 5.73 Å². The number of anilines is 1. The van der Waals surface area contributed by atoms with E-state index < -0.39 is 0 Å². The number of nitrogens with zero attached hydrogens (tertiary/aromatic N) is 1. The van der Waals surface area contributed by atoms with E-state index in [0.29, 0.717) is 6.54 Å². The summed E-state index contributed by atoms with van der Waals surface area (Å²) in [5.41, 5.74) is 8.94. The van der Waals surface area contributed by atoms with Crippen molar-refractivity contribution in [3.63, 3.8) is 0 Å². The summed E-state index contributed by atoms with van der Waals surface area (Å²) in [7, 11) is 0. The Labute approximate surface area is 102 Å². The van der Waals surface area contributed by atoms with Crippen LogP contribution in [0, 0.1) is 13.8 Å². The zero-order valence-electron chi connectivity index (χ0n) is 10.4. The van der Waals surface area contributed by atoms with Crippen molar-refractivity contribution < 1.29 is 4.79 Å². The molecule has 1 aromatic carbocycles. The molecule has 1 aliphatic heterocycles. The topological polar surface area (TPSA) is 58.4 Å². The molecule has 0 unspecified atom stereocenters. The Morgan fingerprint density at radius 3 is 2.53 bits per heavy atom. The van der Waals surface area contributed by atoms with Crippen LogP contribution in [0.3, 0.4) is 0 Å². The van der Waals surface area contributed by atoms with E-state index in [-0.39, 0.29) is 12.1 Å². The summed E-state index contributed by atoms with van der Waals surface area (Å²) in [6.45, 7) is 5.44. The van der Waals surface area contributed by atoms with Gasteiger partial charge in [-0.15, -0.1) is 0 Å². The number of urea groups is 1. The van der Waals surface area contributed by atoms with Crippen molar-refractivity contribution in [2.45, 2.75) is 26.3 Å². The Morgan fingerprint density at radius 2 is 2.00 bits per heavy atom. The first-order valence-electron chi connectivity index (χ1n) is 5.94. The Bertz CT molecular complexity index is 410. The molecule has 1 aromatic rings. The summed E-state index contributed by atoms with van der Waals surface area (Å²) in [6, 6.07) is 6.10. The highest BCUT2D eigenvalue weighted by Gasteiger charge is 2.23. The molecule has 4 nitrogen and oxygen atoms in total. The summed E-state index contributed by atoms with van der Waals surface area (Å²) in [4.78, 5) is 13.7. The fourth-order valence-corrected chi connectivity index (χ4v) is 2.22. The highest BCUT2D eigenvalue weighted by molar-refractivity contribution is 5.89. The van der Waals surface area contributed by atoms with E-state index in [1.165, 1.54) is 0 Å². The van der Waals surface area contributed by atoms with Gasteiger partial charge in [0.2, 0.25) is 0 Å². The molecule has 92 valence electrons. The van der Waals surface area contributed by atoms with E-state index in [1.807, 2.05) is 26.0 Å². The highest BCUT2D eigenvalue weighted by Crippen LogP contribution is 2.15. The van der Waals surface area contributed by atoms with Crippen LogP contribution in [0.2, 0.25) is 0 Å². The molecule has 1 saturated heterocycles. The van der Waals surface area contributed by atoms with E-state index in [0.717, 1.165) is 29.8 Å². The standard InChI is InChI=1S/C13H19N3O/c1-9-5-10(2)7-12(6-9)15-13(17)16-4-3-11(14)8-16/h5-7,11H,3-4,8,14H2,1-2H3,(H,15,17)/t11-/m1/s1. The lowest BCUT2D eigenvalue weighted by Crippen LogP contribution is -2.35. The van der Waals surface area contributed by atoms with Crippen LogP contribution in [0.25, 0.3) is 0 Å². The second-order valence-electron chi connectivity index (χ2n) is 4.80. The molecule has 1 aliphatic rings. The van der Waals surface area contributed by atoms with Crippen LogP contribution >= 0.6 is 0 Å². The maximum Gasteiger partial charge on any atom is 0.321 e. The molecular formula is C13H19N3O. The van der Waals surface area contributed by atoms with Gasteiger partial charge in [0.05, 0.1) is 0 Å². The number of carbonyl (C=O) groups is 1. The molecule has 17 heavy (non-hydrogen) atoms. The lowest BCUT2D eigenvalue weighted by Gasteiger charge is -2.17. The molecule has 0 saturated carbocycles. The van der Waals surface area contributed by atoms with Gasteiger partial charge in [-0.3, -0.25) is 0 Å². The van der Waals surface area contributed by atoms with Gasteiger partial charge in [0.15, 0.2) is 0 Å². The lowest BCUT2D eigenvalue weighted by molar-refractivity contribution is 0.222. The number of nitrogens with one attached hydrogen (secondary N) is 1. The van der Waals surface area contributed by atoms with Crippen LogP contribution in [0.5, 0.6) is 0 Å². The molecule has 0 bridgehead atoms. The molecule has 2 rings (SSSR count). The second kappa shape index (κ2) is 4.75. The van der Waals surface area contributed by atoms with Gasteiger partial charge in [0, 0.05) is 24.8 Å². The molecule has 1 fully saturated rings. The third-order valence-electron chi connectivity index (χ3n) is 2.98. The number of rotatable bonds is 1. The van der Waals surface area contributed by atoms with Gasteiger partial charge >= 0.3 is 6.03 Å². The van der Waals surface area contributed by atoms with Crippen LogP contribution in [0.4, 0.5) is 10.5 Å². The summed E-state index contributed by atoms with van der Waals surface area (Å²) in [5.74, 6) is 0. The van der Waals surface area contributed by atoms with Crippen LogP contribution in [-0.2, 0) is 0 Å². The van der Waals surface area contributed by atoms with Gasteiger partial charge in [0.25, 0.3) is 0 Å². The number of benzene rings is 1. The van der Waals surface area contributed by atoms with Crippen molar-refractivity contribution in [1.82, 2.24) is 4.90 Å². The van der Waals surface area contributed by atoms with E-state index in [2.05, 4.69) is 11.4 Å². The third kappa shape index (κ3) is 2.97. The van der Waals surface area contributed by atoms with E-state index in [4.69, 9.17) is 5.73 Å². The number of nitrogens with two attached hydrogens (primary N) is 1. The highest BCUT2D eigenvalue weighted by atomic mass is 16.2. The van der Waals surface area contributed by atoms with Crippen LogP contribution in [0.15, 0.2) is 18.2 Å². The van der Waals surface area contributed by atoms with Crippen LogP contribution in [0.1, 0.15) is 17.5 Å². The molecule has 3 N–H and O–H groups in total. The Balaban J connectivity index is 2.03. The van der Waals surface area contributed by atoms with E-state index in [9.17, 15) is 4.79 Å². The van der Waals surface area contributed by atoms with Gasteiger partial charge in [-0.2, -0.15) is 0 Å². The smallest absolute Gasteiger partial charge is 0.321 e. The van der Waals surface area contributed by atoms with Gasteiger partial charge in [-0.1, -0.05) is 6.07 Å². The first-order chi connectivity index (χ1) is 8.04. The van der Waals surface area contributed by atoms with Gasteiger partial charge in [-0.25, -0.2) is 4.79 Å². The summed E-state index contributed by atoms with van der Waals surface area (Å²) in [6.07, 6.45) is 0.889. The minimum atomic E-state index is -0.0528. The zero-order valence-corrected chi connectivity index (χ0v) is 10.4. The van der Waals surface area contributed by atoms with Crippen molar-refractivity contribution in [3.8, 4) is 0 Å². The van der Waals surface area contributed by atoms with E-state index >= 15 is 0 Å². The third-order valence-corrected chi connectivity index (χ3v) is 2.98. The van der Waals surface area contributed by atoms with Gasteiger partial charge in [-0.05, 0) is 43.5 Å². The van der Waals surface area contributed by atoms with Gasteiger partial charge < -0.3 is 16.0 Å². The average molecular weight is 233 g/mol. The number of amides is 2. The Hall–Kier alpha value is -1.55.